The minimum absolute atomic E-state index is 0.606. The second kappa shape index (κ2) is 11.0. The van der Waals surface area contributed by atoms with Crippen molar-refractivity contribution >= 4 is 17.1 Å². The molecule has 0 aliphatic heterocycles. The molecule has 0 heterocycles. The fourth-order valence-electron chi connectivity index (χ4n) is 1.96. The molecule has 2 rings (SSSR count). The number of hydrogen-bond acceptors (Lipinski definition) is 4. The molecular formula is C19H27N3O. The van der Waals surface area contributed by atoms with Crippen molar-refractivity contribution in [1.82, 2.24) is 0 Å². The summed E-state index contributed by atoms with van der Waals surface area (Å²) >= 11 is 0. The first-order valence-electron chi connectivity index (χ1n) is 7.92. The van der Waals surface area contributed by atoms with E-state index in [1.807, 2.05) is 81.6 Å². The highest BCUT2D eigenvalue weighted by atomic mass is 16.5. The van der Waals surface area contributed by atoms with Crippen molar-refractivity contribution in [3.8, 4) is 5.75 Å². The maximum Gasteiger partial charge on any atom is 0.141 e. The molecule has 0 aliphatic rings. The Hall–Kier alpha value is -2.62. The topological polar surface area (TPSA) is 45.3 Å². The van der Waals surface area contributed by atoms with Gasteiger partial charge in [0.15, 0.2) is 0 Å². The van der Waals surface area contributed by atoms with Gasteiger partial charge in [0.2, 0.25) is 0 Å². The van der Waals surface area contributed by atoms with Gasteiger partial charge in [-0.15, -0.1) is 0 Å². The largest absolute Gasteiger partial charge is 0.495 e. The average molecular weight is 313 g/mol. The highest BCUT2D eigenvalue weighted by Gasteiger charge is 2.01. The van der Waals surface area contributed by atoms with Crippen molar-refractivity contribution in [2.75, 3.05) is 29.7 Å². The molecule has 0 aliphatic carbocycles. The van der Waals surface area contributed by atoms with Gasteiger partial charge in [-0.2, -0.15) is 0 Å². The predicted octanol–water partition coefficient (Wildman–Crippen LogP) is 5.15. The number of anilines is 3. The number of methoxy groups -OCH3 is 1. The molecule has 2 aromatic rings. The minimum atomic E-state index is 0.606. The lowest BCUT2D eigenvalue weighted by atomic mass is 10.2. The van der Waals surface area contributed by atoms with Crippen LogP contribution in [0.1, 0.15) is 20.8 Å². The van der Waals surface area contributed by atoms with Gasteiger partial charge in [-0.25, -0.2) is 0 Å². The van der Waals surface area contributed by atoms with E-state index in [4.69, 9.17) is 4.74 Å². The quantitative estimate of drug-likeness (QED) is 0.619. The molecule has 4 nitrogen and oxygen atoms in total. The molecule has 124 valence electrons. The highest BCUT2D eigenvalue weighted by molar-refractivity contribution is 5.70. The van der Waals surface area contributed by atoms with Gasteiger partial charge in [0.25, 0.3) is 0 Å². The van der Waals surface area contributed by atoms with Crippen LogP contribution in [0.15, 0.2) is 60.8 Å². The van der Waals surface area contributed by atoms with Gasteiger partial charge in [0.1, 0.15) is 5.75 Å². The van der Waals surface area contributed by atoms with E-state index in [9.17, 15) is 0 Å². The summed E-state index contributed by atoms with van der Waals surface area (Å²) in [6, 6.07) is 15.9. The Kier molecular flexibility index (Phi) is 8.83. The van der Waals surface area contributed by atoms with Crippen LogP contribution in [-0.2, 0) is 0 Å². The van der Waals surface area contributed by atoms with Crippen LogP contribution in [0.2, 0.25) is 0 Å². The Balaban J connectivity index is 0.00000127. The van der Waals surface area contributed by atoms with E-state index >= 15 is 0 Å². The molecule has 0 bridgehead atoms. The van der Waals surface area contributed by atoms with Crippen LogP contribution in [0.25, 0.3) is 0 Å². The molecular weight excluding hydrogens is 286 g/mol. The summed E-state index contributed by atoms with van der Waals surface area (Å²) < 4.78 is 5.31. The molecule has 0 fully saturated rings. The maximum absolute atomic E-state index is 5.31. The number of nitrogens with one attached hydrogen (secondary N) is 3. The van der Waals surface area contributed by atoms with Gasteiger partial charge in [-0.3, -0.25) is 0 Å². The molecule has 3 N–H and O–H groups in total. The van der Waals surface area contributed by atoms with Crippen molar-refractivity contribution in [1.29, 1.82) is 0 Å². The van der Waals surface area contributed by atoms with Crippen LogP contribution < -0.4 is 20.7 Å². The number of hydrogen-bond donors (Lipinski definition) is 3. The lowest BCUT2D eigenvalue weighted by Crippen LogP contribution is -2.13. The van der Waals surface area contributed by atoms with Crippen LogP contribution in [0, 0.1) is 0 Å². The monoisotopic (exact) mass is 313 g/mol. The molecule has 4 heteroatoms. The molecule has 0 aromatic heterocycles. The summed E-state index contributed by atoms with van der Waals surface area (Å²) in [6.45, 7) is 6.58. The Morgan fingerprint density at radius 3 is 2.09 bits per heavy atom. The zero-order chi connectivity index (χ0) is 16.9. The van der Waals surface area contributed by atoms with Crippen molar-refractivity contribution in [3.05, 3.63) is 60.8 Å². The summed E-state index contributed by atoms with van der Waals surface area (Å²) in [5, 5.41) is 9.91. The van der Waals surface area contributed by atoms with Crippen LogP contribution in [0.4, 0.5) is 17.1 Å². The number of ether oxygens (including phenoxy) is 1. The third kappa shape index (κ3) is 5.94. The Labute approximate surface area is 139 Å². The third-order valence-corrected chi connectivity index (χ3v) is 3.00. The number of benzene rings is 2. The van der Waals surface area contributed by atoms with Gasteiger partial charge < -0.3 is 20.7 Å². The van der Waals surface area contributed by atoms with Crippen molar-refractivity contribution in [2.24, 2.45) is 0 Å². The van der Waals surface area contributed by atoms with E-state index in [0.717, 1.165) is 22.8 Å². The third-order valence-electron chi connectivity index (χ3n) is 3.00. The molecule has 2 aromatic carbocycles. The SMILES string of the molecule is C/C=C\Nc1ccccc1NCNc1ccccc1OC.CC. The summed E-state index contributed by atoms with van der Waals surface area (Å²) in [5.41, 5.74) is 3.04. The molecule has 23 heavy (non-hydrogen) atoms. The van der Waals surface area contributed by atoms with Crippen LogP contribution in [0.3, 0.4) is 0 Å². The lowest BCUT2D eigenvalue weighted by Gasteiger charge is -2.14. The van der Waals surface area contributed by atoms with E-state index in [1.54, 1.807) is 7.11 Å². The highest BCUT2D eigenvalue weighted by Crippen LogP contribution is 2.24. The van der Waals surface area contributed by atoms with E-state index in [0.29, 0.717) is 6.67 Å². The predicted molar refractivity (Wildman–Crippen MR) is 101 cm³/mol. The summed E-state index contributed by atoms with van der Waals surface area (Å²) in [5.74, 6) is 0.833. The molecule has 0 amide bonds. The molecule has 0 radical (unpaired) electrons. The summed E-state index contributed by atoms with van der Waals surface area (Å²) in [6.07, 6.45) is 3.87. The molecule has 0 spiro atoms. The number of para-hydroxylation sites is 4. The van der Waals surface area contributed by atoms with Crippen LogP contribution >= 0.6 is 0 Å². The maximum atomic E-state index is 5.31. The molecule has 0 saturated heterocycles. The van der Waals surface area contributed by atoms with Gasteiger partial charge in [0.05, 0.1) is 30.8 Å². The summed E-state index contributed by atoms with van der Waals surface area (Å²) in [4.78, 5) is 0. The normalized spacial score (nSPS) is 9.74. The van der Waals surface area contributed by atoms with Crippen LogP contribution in [0.5, 0.6) is 5.75 Å². The number of rotatable bonds is 7. The molecule has 0 saturated carbocycles. The number of allylic oxidation sites excluding steroid dienone is 1. The molecule has 0 unspecified atom stereocenters. The zero-order valence-electron chi connectivity index (χ0n) is 14.4. The van der Waals surface area contributed by atoms with Gasteiger partial charge >= 0.3 is 0 Å². The summed E-state index contributed by atoms with van der Waals surface area (Å²) in [7, 11) is 1.67. The van der Waals surface area contributed by atoms with E-state index in [-0.39, 0.29) is 0 Å². The van der Waals surface area contributed by atoms with E-state index < -0.39 is 0 Å². The van der Waals surface area contributed by atoms with Crippen molar-refractivity contribution < 1.29 is 4.74 Å². The fourth-order valence-corrected chi connectivity index (χ4v) is 1.96. The fraction of sp³-hybridized carbons (Fsp3) is 0.263. The smallest absolute Gasteiger partial charge is 0.141 e. The first-order chi connectivity index (χ1) is 11.3. The standard InChI is InChI=1S/C17H21N3O.C2H6/c1-3-12-18-14-8-4-5-9-15(14)19-13-20-16-10-6-7-11-17(16)21-2;1-2/h3-12,18-20H,13H2,1-2H3;1-2H3/b12-3-;. The first-order valence-corrected chi connectivity index (χ1v) is 7.92. The van der Waals surface area contributed by atoms with Gasteiger partial charge in [0, 0.05) is 0 Å². The second-order valence-electron chi connectivity index (χ2n) is 4.42. The van der Waals surface area contributed by atoms with Gasteiger partial charge in [-0.1, -0.05) is 44.2 Å². The van der Waals surface area contributed by atoms with E-state index in [1.165, 1.54) is 0 Å². The van der Waals surface area contributed by atoms with Crippen LogP contribution in [-0.4, -0.2) is 13.8 Å². The van der Waals surface area contributed by atoms with E-state index in [2.05, 4.69) is 16.0 Å². The lowest BCUT2D eigenvalue weighted by molar-refractivity contribution is 0.416. The second-order valence-corrected chi connectivity index (χ2v) is 4.42. The average Bonchev–Trinajstić information content (AvgIpc) is 2.63. The Morgan fingerprint density at radius 2 is 1.43 bits per heavy atom. The first kappa shape index (κ1) is 18.4. The van der Waals surface area contributed by atoms with Crippen molar-refractivity contribution in [2.45, 2.75) is 20.8 Å². The Bertz CT molecular complexity index is 597. The van der Waals surface area contributed by atoms with Gasteiger partial charge in [-0.05, 0) is 37.4 Å². The zero-order valence-corrected chi connectivity index (χ0v) is 14.4. The Morgan fingerprint density at radius 1 is 0.870 bits per heavy atom. The van der Waals surface area contributed by atoms with Crippen molar-refractivity contribution in [3.63, 3.8) is 0 Å². The molecule has 0 atom stereocenters. The minimum Gasteiger partial charge on any atom is -0.495 e.